The van der Waals surface area contributed by atoms with Crippen LogP contribution >= 0.6 is 0 Å². The highest BCUT2D eigenvalue weighted by Crippen LogP contribution is 2.09. The molecule has 0 aliphatic rings. The number of benzene rings is 1. The van der Waals surface area contributed by atoms with Crippen LogP contribution in [-0.2, 0) is 30.4 Å². The van der Waals surface area contributed by atoms with E-state index in [0.29, 0.717) is 6.42 Å². The van der Waals surface area contributed by atoms with E-state index in [1.807, 2.05) is 6.92 Å². The maximum Gasteiger partial charge on any atom is 0.326 e. The Hall–Kier alpha value is -4.20. The highest BCUT2D eigenvalue weighted by molar-refractivity contribution is 5.96. The number of carboxylic acids is 1. The number of aliphatic imine (C=N–C) groups is 1. The summed E-state index contributed by atoms with van der Waals surface area (Å²) in [4.78, 5) is 66.1. The van der Waals surface area contributed by atoms with Gasteiger partial charge in [-0.25, -0.2) is 4.79 Å². The van der Waals surface area contributed by atoms with Crippen molar-refractivity contribution < 1.29 is 29.1 Å². The first-order chi connectivity index (χ1) is 18.3. The number of amides is 4. The summed E-state index contributed by atoms with van der Waals surface area (Å²) in [5.41, 5.74) is 22.5. The van der Waals surface area contributed by atoms with Crippen LogP contribution in [0.3, 0.4) is 0 Å². The lowest BCUT2D eigenvalue weighted by Crippen LogP contribution is -2.58. The van der Waals surface area contributed by atoms with Crippen LogP contribution in [0.2, 0.25) is 0 Å². The van der Waals surface area contributed by atoms with E-state index in [1.165, 1.54) is 0 Å². The number of guanidine groups is 1. The van der Waals surface area contributed by atoms with E-state index in [1.54, 1.807) is 37.3 Å². The maximum absolute atomic E-state index is 13.3. The molecule has 12 N–H and O–H groups in total. The summed E-state index contributed by atoms with van der Waals surface area (Å²) in [5, 5.41) is 16.9. The average molecular weight is 549 g/mol. The number of hydrogen-bond acceptors (Lipinski definition) is 7. The van der Waals surface area contributed by atoms with Gasteiger partial charge in [-0.05, 0) is 24.3 Å². The fourth-order valence-electron chi connectivity index (χ4n) is 3.56. The van der Waals surface area contributed by atoms with Gasteiger partial charge in [-0.15, -0.1) is 0 Å². The van der Waals surface area contributed by atoms with E-state index >= 15 is 0 Å². The topological polar surface area (TPSA) is 258 Å². The van der Waals surface area contributed by atoms with Crippen molar-refractivity contribution in [2.45, 2.75) is 70.1 Å². The van der Waals surface area contributed by atoms with Crippen LogP contribution in [0.25, 0.3) is 0 Å². The number of carbonyl (C=O) groups is 5. The number of carboxylic acid groups (broad SMARTS) is 1. The maximum atomic E-state index is 13.3. The fraction of sp³-hybridized carbons (Fsp3) is 0.520. The number of primary amides is 1. The lowest BCUT2D eigenvalue weighted by Gasteiger charge is -2.26. The molecule has 0 aliphatic carbocycles. The monoisotopic (exact) mass is 548 g/mol. The minimum absolute atomic E-state index is 0.0186. The number of carbonyl (C=O) groups excluding carboxylic acids is 4. The standard InChI is InChI=1S/C25H40N8O6/c1-3-14(2)20(27)23(37)33-17(12-15-8-5-4-6-9-15)21(35)32-18(13-19(26)34)22(36)31-16(24(38)39)10-7-11-30-25(28)29/h4-6,8-9,14,16-18,20H,3,7,10-13,27H2,1-2H3,(H2,26,34)(H,31,36)(H,32,35)(H,33,37)(H,38,39)(H4,28,29,30). The van der Waals surface area contributed by atoms with Crippen molar-refractivity contribution in [2.24, 2.45) is 33.8 Å². The molecule has 0 aliphatic heterocycles. The van der Waals surface area contributed by atoms with Crippen molar-refractivity contribution in [1.82, 2.24) is 16.0 Å². The molecule has 0 fully saturated rings. The molecule has 1 aromatic carbocycles. The fourth-order valence-corrected chi connectivity index (χ4v) is 3.56. The quantitative estimate of drug-likeness (QED) is 0.0611. The molecule has 0 saturated heterocycles. The Morgan fingerprint density at radius 2 is 1.46 bits per heavy atom. The minimum atomic E-state index is -1.49. The van der Waals surface area contributed by atoms with Crippen molar-refractivity contribution in [2.75, 3.05) is 6.54 Å². The largest absolute Gasteiger partial charge is 0.480 e. The number of nitrogens with one attached hydrogen (secondary N) is 3. The molecule has 5 unspecified atom stereocenters. The van der Waals surface area contributed by atoms with Crippen LogP contribution in [0.1, 0.15) is 45.1 Å². The zero-order valence-electron chi connectivity index (χ0n) is 22.3. The minimum Gasteiger partial charge on any atom is -0.480 e. The van der Waals surface area contributed by atoms with Gasteiger partial charge in [0.25, 0.3) is 0 Å². The normalized spacial score (nSPS) is 14.5. The van der Waals surface area contributed by atoms with Gasteiger partial charge in [0.05, 0.1) is 12.5 Å². The zero-order valence-corrected chi connectivity index (χ0v) is 22.3. The summed E-state index contributed by atoms with van der Waals surface area (Å²) in [6.45, 7) is 3.83. The van der Waals surface area contributed by atoms with Gasteiger partial charge in [-0.3, -0.25) is 24.2 Å². The highest BCUT2D eigenvalue weighted by Gasteiger charge is 2.32. The zero-order chi connectivity index (χ0) is 29.5. The van der Waals surface area contributed by atoms with E-state index < -0.39 is 60.2 Å². The Labute approximate surface area is 227 Å². The third-order valence-electron chi connectivity index (χ3n) is 6.07. The second-order valence-electron chi connectivity index (χ2n) is 9.24. The van der Waals surface area contributed by atoms with Gasteiger partial charge in [0, 0.05) is 13.0 Å². The van der Waals surface area contributed by atoms with Crippen molar-refractivity contribution >= 4 is 35.6 Å². The van der Waals surface area contributed by atoms with Gasteiger partial charge < -0.3 is 44.0 Å². The molecule has 0 aromatic heterocycles. The Morgan fingerprint density at radius 1 is 0.897 bits per heavy atom. The third kappa shape index (κ3) is 12.3. The van der Waals surface area contributed by atoms with Gasteiger partial charge in [0.1, 0.15) is 18.1 Å². The molecule has 14 heteroatoms. The van der Waals surface area contributed by atoms with E-state index in [2.05, 4.69) is 20.9 Å². The number of nitrogens with zero attached hydrogens (tertiary/aromatic N) is 1. The molecule has 216 valence electrons. The molecule has 14 nitrogen and oxygen atoms in total. The number of nitrogens with two attached hydrogens (primary N) is 4. The SMILES string of the molecule is CCC(C)C(N)C(=O)NC(Cc1ccccc1)C(=O)NC(CC(N)=O)C(=O)NC(CCCN=C(N)N)C(=O)O. The first kappa shape index (κ1) is 32.8. The Bertz CT molecular complexity index is 1020. The summed E-state index contributed by atoms with van der Waals surface area (Å²) in [7, 11) is 0. The van der Waals surface area contributed by atoms with Crippen LogP contribution in [0.5, 0.6) is 0 Å². The highest BCUT2D eigenvalue weighted by atomic mass is 16.4. The summed E-state index contributed by atoms with van der Waals surface area (Å²) >= 11 is 0. The molecule has 0 bridgehead atoms. The van der Waals surface area contributed by atoms with E-state index in [-0.39, 0.29) is 37.7 Å². The molecule has 4 amide bonds. The summed E-state index contributed by atoms with van der Waals surface area (Å²) in [6, 6.07) is 3.98. The summed E-state index contributed by atoms with van der Waals surface area (Å²) < 4.78 is 0. The van der Waals surface area contributed by atoms with Crippen LogP contribution < -0.4 is 38.9 Å². The van der Waals surface area contributed by atoms with Gasteiger partial charge in [0.15, 0.2) is 5.96 Å². The lowest BCUT2D eigenvalue weighted by molar-refractivity contribution is -0.142. The molecular formula is C25H40N8O6. The molecule has 1 aromatic rings. The lowest BCUT2D eigenvalue weighted by atomic mass is 9.98. The van der Waals surface area contributed by atoms with Crippen molar-refractivity contribution in [3.8, 4) is 0 Å². The summed E-state index contributed by atoms with van der Waals surface area (Å²) in [5.74, 6) is -4.80. The summed E-state index contributed by atoms with van der Waals surface area (Å²) in [6.07, 6.45) is 0.329. The number of hydrogen-bond donors (Lipinski definition) is 8. The first-order valence-corrected chi connectivity index (χ1v) is 12.6. The average Bonchev–Trinajstić information content (AvgIpc) is 2.88. The predicted octanol–water partition coefficient (Wildman–Crippen LogP) is -1.93. The van der Waals surface area contributed by atoms with Gasteiger partial charge in [0.2, 0.25) is 23.6 Å². The Morgan fingerprint density at radius 3 is 2.00 bits per heavy atom. The van der Waals surface area contributed by atoms with Gasteiger partial charge in [-0.2, -0.15) is 0 Å². The van der Waals surface area contributed by atoms with Crippen LogP contribution in [0.4, 0.5) is 0 Å². The third-order valence-corrected chi connectivity index (χ3v) is 6.07. The second kappa shape index (κ2) is 16.6. The molecule has 39 heavy (non-hydrogen) atoms. The molecule has 0 spiro atoms. The Balaban J connectivity index is 3.08. The van der Waals surface area contributed by atoms with E-state index in [9.17, 15) is 29.1 Å². The molecule has 1 rings (SSSR count). The van der Waals surface area contributed by atoms with Crippen LogP contribution in [-0.4, -0.2) is 71.4 Å². The molecule has 0 saturated carbocycles. The van der Waals surface area contributed by atoms with Crippen LogP contribution in [0.15, 0.2) is 35.3 Å². The van der Waals surface area contributed by atoms with Crippen LogP contribution in [0, 0.1) is 5.92 Å². The molecular weight excluding hydrogens is 508 g/mol. The number of rotatable bonds is 17. The molecule has 0 radical (unpaired) electrons. The first-order valence-electron chi connectivity index (χ1n) is 12.6. The van der Waals surface area contributed by atoms with E-state index in [0.717, 1.165) is 5.56 Å². The van der Waals surface area contributed by atoms with Gasteiger partial charge in [-0.1, -0.05) is 50.6 Å². The smallest absolute Gasteiger partial charge is 0.326 e. The predicted molar refractivity (Wildman–Crippen MR) is 145 cm³/mol. The van der Waals surface area contributed by atoms with Gasteiger partial charge >= 0.3 is 5.97 Å². The van der Waals surface area contributed by atoms with Crippen molar-refractivity contribution in [1.29, 1.82) is 0 Å². The molecule has 5 atom stereocenters. The molecule has 0 heterocycles. The van der Waals surface area contributed by atoms with Crippen molar-refractivity contribution in [3.05, 3.63) is 35.9 Å². The Kier molecular flexibility index (Phi) is 14.0. The number of aliphatic carboxylic acids is 1. The van der Waals surface area contributed by atoms with E-state index in [4.69, 9.17) is 22.9 Å². The second-order valence-corrected chi connectivity index (χ2v) is 9.24. The van der Waals surface area contributed by atoms with Crippen molar-refractivity contribution in [3.63, 3.8) is 0 Å².